The number of morpholine rings is 1. The lowest BCUT2D eigenvalue weighted by molar-refractivity contribution is 0.0730. The maximum Gasteiger partial charge on any atom is 0.244 e. The summed E-state index contributed by atoms with van der Waals surface area (Å²) in [5.74, 6) is 0.715. The molecule has 2 aliphatic heterocycles. The average molecular weight is 451 g/mol. The highest BCUT2D eigenvalue weighted by Gasteiger charge is 2.27. The fourth-order valence-electron chi connectivity index (χ4n) is 3.85. The molecule has 2 saturated heterocycles. The summed E-state index contributed by atoms with van der Waals surface area (Å²) in [5, 5.41) is 4.21. The van der Waals surface area contributed by atoms with Crippen LogP contribution in [0.15, 0.2) is 47.5 Å². The molecule has 2 aliphatic rings. The van der Waals surface area contributed by atoms with E-state index < -0.39 is 10.0 Å². The number of ether oxygens (including phenoxy) is 1. The zero-order chi connectivity index (χ0) is 21.0. The van der Waals surface area contributed by atoms with Gasteiger partial charge in [0, 0.05) is 50.0 Å². The van der Waals surface area contributed by atoms with Crippen LogP contribution in [0, 0.1) is 0 Å². The SMILES string of the molecule is O=S(=O)(c1ccc(NC2CCN(Cc3ccc(Cl)cc3)CC2)nc1)N1CCOCC1. The highest BCUT2D eigenvalue weighted by Crippen LogP contribution is 2.21. The minimum atomic E-state index is -3.50. The van der Waals surface area contributed by atoms with Gasteiger partial charge in [-0.2, -0.15) is 4.31 Å². The van der Waals surface area contributed by atoms with Gasteiger partial charge in [0.2, 0.25) is 10.0 Å². The standard InChI is InChI=1S/C21H27ClN4O3S/c22-18-3-1-17(2-4-18)16-25-9-7-19(8-10-25)24-21-6-5-20(15-23-21)30(27,28)26-11-13-29-14-12-26/h1-6,15,19H,7-14,16H2,(H,23,24). The Balaban J connectivity index is 1.28. The van der Waals surface area contributed by atoms with Crippen molar-refractivity contribution in [3.8, 4) is 0 Å². The Bertz CT molecular complexity index is 924. The molecule has 162 valence electrons. The van der Waals surface area contributed by atoms with Crippen LogP contribution < -0.4 is 5.32 Å². The van der Waals surface area contributed by atoms with Crippen molar-refractivity contribution in [2.24, 2.45) is 0 Å². The topological polar surface area (TPSA) is 74.8 Å². The van der Waals surface area contributed by atoms with E-state index in [2.05, 4.69) is 27.3 Å². The Morgan fingerprint density at radius 2 is 1.73 bits per heavy atom. The van der Waals surface area contributed by atoms with E-state index in [1.807, 2.05) is 12.1 Å². The first-order valence-electron chi connectivity index (χ1n) is 10.3. The van der Waals surface area contributed by atoms with E-state index in [0.29, 0.717) is 38.2 Å². The molecule has 1 N–H and O–H groups in total. The molecule has 30 heavy (non-hydrogen) atoms. The van der Waals surface area contributed by atoms with Gasteiger partial charge >= 0.3 is 0 Å². The Labute approximate surface area is 183 Å². The van der Waals surface area contributed by atoms with Gasteiger partial charge in [-0.25, -0.2) is 13.4 Å². The molecular weight excluding hydrogens is 424 g/mol. The summed E-state index contributed by atoms with van der Waals surface area (Å²) in [6.07, 6.45) is 3.48. The Hall–Kier alpha value is -1.71. The quantitative estimate of drug-likeness (QED) is 0.729. The summed E-state index contributed by atoms with van der Waals surface area (Å²) in [6.45, 7) is 4.57. The third kappa shape index (κ3) is 5.31. The maximum atomic E-state index is 12.7. The smallest absolute Gasteiger partial charge is 0.244 e. The molecule has 4 rings (SSSR count). The van der Waals surface area contributed by atoms with Crippen molar-refractivity contribution < 1.29 is 13.2 Å². The molecule has 9 heteroatoms. The fraction of sp³-hybridized carbons (Fsp3) is 0.476. The van der Waals surface area contributed by atoms with E-state index in [1.165, 1.54) is 16.1 Å². The van der Waals surface area contributed by atoms with Crippen LogP contribution in [0.4, 0.5) is 5.82 Å². The summed E-state index contributed by atoms with van der Waals surface area (Å²) in [4.78, 5) is 7.02. The van der Waals surface area contributed by atoms with E-state index in [4.69, 9.17) is 16.3 Å². The number of halogens is 1. The first-order valence-corrected chi connectivity index (χ1v) is 12.1. The number of piperidine rings is 1. The fourth-order valence-corrected chi connectivity index (χ4v) is 5.33. The zero-order valence-electron chi connectivity index (χ0n) is 16.8. The van der Waals surface area contributed by atoms with Gasteiger partial charge in [0.05, 0.1) is 13.2 Å². The molecular formula is C21H27ClN4O3S. The van der Waals surface area contributed by atoms with Gasteiger partial charge in [-0.3, -0.25) is 4.90 Å². The van der Waals surface area contributed by atoms with E-state index in [9.17, 15) is 8.42 Å². The number of hydrogen-bond donors (Lipinski definition) is 1. The number of benzene rings is 1. The van der Waals surface area contributed by atoms with Crippen molar-refractivity contribution >= 4 is 27.4 Å². The third-order valence-electron chi connectivity index (χ3n) is 5.60. The second-order valence-electron chi connectivity index (χ2n) is 7.72. The third-order valence-corrected chi connectivity index (χ3v) is 7.74. The van der Waals surface area contributed by atoms with Gasteiger partial charge in [0.15, 0.2) is 0 Å². The Morgan fingerprint density at radius 1 is 1.03 bits per heavy atom. The van der Waals surface area contributed by atoms with Crippen LogP contribution in [-0.2, 0) is 21.3 Å². The zero-order valence-corrected chi connectivity index (χ0v) is 18.4. The summed E-state index contributed by atoms with van der Waals surface area (Å²) in [6, 6.07) is 11.7. The molecule has 0 spiro atoms. The molecule has 7 nitrogen and oxygen atoms in total. The number of hydrogen-bond acceptors (Lipinski definition) is 6. The highest BCUT2D eigenvalue weighted by atomic mass is 35.5. The van der Waals surface area contributed by atoms with Crippen LogP contribution in [0.5, 0.6) is 0 Å². The molecule has 1 aromatic carbocycles. The molecule has 3 heterocycles. The molecule has 1 aromatic heterocycles. The number of nitrogens with one attached hydrogen (secondary N) is 1. The largest absolute Gasteiger partial charge is 0.379 e. The predicted molar refractivity (Wildman–Crippen MR) is 117 cm³/mol. The number of rotatable bonds is 6. The first-order chi connectivity index (χ1) is 14.5. The van der Waals surface area contributed by atoms with Crippen LogP contribution in [-0.4, -0.2) is 68.0 Å². The van der Waals surface area contributed by atoms with E-state index in [0.717, 1.165) is 37.5 Å². The van der Waals surface area contributed by atoms with Crippen molar-refractivity contribution in [3.05, 3.63) is 53.2 Å². The van der Waals surface area contributed by atoms with E-state index in [1.54, 1.807) is 12.1 Å². The molecule has 0 bridgehead atoms. The van der Waals surface area contributed by atoms with Crippen LogP contribution in [0.25, 0.3) is 0 Å². The van der Waals surface area contributed by atoms with Crippen LogP contribution in [0.2, 0.25) is 5.02 Å². The van der Waals surface area contributed by atoms with Gasteiger partial charge in [0.25, 0.3) is 0 Å². The lowest BCUT2D eigenvalue weighted by Gasteiger charge is -2.32. The van der Waals surface area contributed by atoms with Gasteiger partial charge in [-0.05, 0) is 42.7 Å². The van der Waals surface area contributed by atoms with Crippen LogP contribution >= 0.6 is 11.6 Å². The van der Waals surface area contributed by atoms with E-state index >= 15 is 0 Å². The highest BCUT2D eigenvalue weighted by molar-refractivity contribution is 7.89. The number of sulfonamides is 1. The molecule has 0 radical (unpaired) electrons. The average Bonchev–Trinajstić information content (AvgIpc) is 2.78. The summed E-state index contributed by atoms with van der Waals surface area (Å²) in [5.41, 5.74) is 1.27. The first kappa shape index (κ1) is 21.5. The van der Waals surface area contributed by atoms with Gasteiger partial charge in [-0.1, -0.05) is 23.7 Å². The lowest BCUT2D eigenvalue weighted by atomic mass is 10.0. The minimum Gasteiger partial charge on any atom is -0.379 e. The number of aromatic nitrogens is 1. The molecule has 0 amide bonds. The Kier molecular flexibility index (Phi) is 6.90. The second kappa shape index (κ2) is 9.62. The normalized spacial score (nSPS) is 19.6. The van der Waals surface area contributed by atoms with Crippen molar-refractivity contribution in [3.63, 3.8) is 0 Å². The molecule has 0 atom stereocenters. The van der Waals surface area contributed by atoms with Crippen molar-refractivity contribution in [1.29, 1.82) is 0 Å². The lowest BCUT2D eigenvalue weighted by Crippen LogP contribution is -2.40. The number of pyridine rings is 1. The number of nitrogens with zero attached hydrogens (tertiary/aromatic N) is 3. The second-order valence-corrected chi connectivity index (χ2v) is 10.1. The van der Waals surface area contributed by atoms with Gasteiger partial charge < -0.3 is 10.1 Å². The van der Waals surface area contributed by atoms with Crippen molar-refractivity contribution in [2.75, 3.05) is 44.7 Å². The van der Waals surface area contributed by atoms with Crippen LogP contribution in [0.1, 0.15) is 18.4 Å². The molecule has 0 unspecified atom stereocenters. The van der Waals surface area contributed by atoms with E-state index in [-0.39, 0.29) is 4.90 Å². The predicted octanol–water partition coefficient (Wildman–Crippen LogP) is 2.83. The minimum absolute atomic E-state index is 0.229. The Morgan fingerprint density at radius 3 is 2.37 bits per heavy atom. The van der Waals surface area contributed by atoms with Gasteiger partial charge in [-0.15, -0.1) is 0 Å². The number of likely N-dealkylation sites (tertiary alicyclic amines) is 1. The number of anilines is 1. The molecule has 0 aliphatic carbocycles. The van der Waals surface area contributed by atoms with Crippen LogP contribution in [0.3, 0.4) is 0 Å². The van der Waals surface area contributed by atoms with Crippen molar-refractivity contribution in [2.45, 2.75) is 30.3 Å². The maximum absolute atomic E-state index is 12.7. The monoisotopic (exact) mass is 450 g/mol. The van der Waals surface area contributed by atoms with Gasteiger partial charge in [0.1, 0.15) is 10.7 Å². The molecule has 2 aromatic rings. The molecule has 0 saturated carbocycles. The summed E-state index contributed by atoms with van der Waals surface area (Å²) >= 11 is 5.96. The summed E-state index contributed by atoms with van der Waals surface area (Å²) in [7, 11) is -3.50. The molecule has 2 fully saturated rings. The summed E-state index contributed by atoms with van der Waals surface area (Å²) < 4.78 is 32.1. The van der Waals surface area contributed by atoms with Crippen molar-refractivity contribution in [1.82, 2.24) is 14.2 Å².